The van der Waals surface area contributed by atoms with Crippen LogP contribution in [0.1, 0.15) is 12.0 Å². The molecule has 1 saturated heterocycles. The summed E-state index contributed by atoms with van der Waals surface area (Å²) < 4.78 is 6.46. The van der Waals surface area contributed by atoms with Crippen molar-refractivity contribution in [3.63, 3.8) is 0 Å². The van der Waals surface area contributed by atoms with Crippen LogP contribution in [0.2, 0.25) is 0 Å². The van der Waals surface area contributed by atoms with Crippen molar-refractivity contribution in [2.24, 2.45) is 0 Å². The van der Waals surface area contributed by atoms with Gasteiger partial charge in [0.2, 0.25) is 0 Å². The first-order valence-corrected chi connectivity index (χ1v) is 5.84. The minimum absolute atomic E-state index is 0.0554. The third-order valence-corrected chi connectivity index (χ3v) is 3.31. The van der Waals surface area contributed by atoms with E-state index in [1.54, 1.807) is 0 Å². The molecule has 106 valence electrons. The number of aromatic amines is 1. The van der Waals surface area contributed by atoms with E-state index < -0.39 is 42.4 Å². The lowest BCUT2D eigenvalue weighted by Crippen LogP contribution is -2.47. The Morgan fingerprint density at radius 1 is 1.53 bits per heavy atom. The predicted octanol–water partition coefficient (Wildman–Crippen LogP) is -2.37. The molecule has 1 aliphatic heterocycles. The minimum atomic E-state index is -1.47. The molecule has 2 heterocycles. The second-order valence-electron chi connectivity index (χ2n) is 4.66. The molecule has 1 aromatic rings. The Bertz CT molecular complexity index is 579. The second kappa shape index (κ2) is 4.89. The molecule has 1 aliphatic rings. The van der Waals surface area contributed by atoms with Crippen LogP contribution in [-0.4, -0.2) is 50.3 Å². The molecule has 0 aromatic carbocycles. The normalized spacial score (nSPS) is 30.7. The molecule has 0 unspecified atom stereocenters. The molecule has 0 aliphatic carbocycles. The molecule has 2 rings (SSSR count). The van der Waals surface area contributed by atoms with Crippen LogP contribution in [0.3, 0.4) is 0 Å². The smallest absolute Gasteiger partial charge is 0.330 e. The van der Waals surface area contributed by atoms with Gasteiger partial charge < -0.3 is 20.1 Å². The molecule has 0 saturated carbocycles. The summed E-state index contributed by atoms with van der Waals surface area (Å²) in [6.07, 6.45) is -0.674. The zero-order chi connectivity index (χ0) is 14.2. The molecule has 3 atom stereocenters. The van der Waals surface area contributed by atoms with Crippen LogP contribution < -0.4 is 11.2 Å². The quantitative estimate of drug-likeness (QED) is 0.487. The highest BCUT2D eigenvalue weighted by molar-refractivity contribution is 5.04. The largest absolute Gasteiger partial charge is 0.394 e. The van der Waals surface area contributed by atoms with Gasteiger partial charge >= 0.3 is 5.69 Å². The number of aryl methyl sites for hydroxylation is 1. The number of hydrogen-bond acceptors (Lipinski definition) is 6. The lowest BCUT2D eigenvalue weighted by atomic mass is 10.1. The van der Waals surface area contributed by atoms with Gasteiger partial charge in [0.05, 0.1) is 19.3 Å². The van der Waals surface area contributed by atoms with Gasteiger partial charge in [-0.3, -0.25) is 14.3 Å². The summed E-state index contributed by atoms with van der Waals surface area (Å²) in [6.45, 7) is 0.515. The van der Waals surface area contributed by atoms with Crippen molar-refractivity contribution in [3.05, 3.63) is 32.6 Å². The molecule has 19 heavy (non-hydrogen) atoms. The number of aliphatic hydroxyl groups is 3. The average molecular weight is 272 g/mol. The van der Waals surface area contributed by atoms with Crippen molar-refractivity contribution in [2.45, 2.75) is 31.3 Å². The molecule has 8 nitrogen and oxygen atoms in total. The van der Waals surface area contributed by atoms with E-state index in [4.69, 9.17) is 9.84 Å². The number of H-pyrrole nitrogens is 1. The van der Waals surface area contributed by atoms with Crippen LogP contribution in [0.5, 0.6) is 0 Å². The Balaban J connectivity index is 2.52. The van der Waals surface area contributed by atoms with Crippen molar-refractivity contribution in [1.29, 1.82) is 0 Å². The highest BCUT2D eigenvalue weighted by atomic mass is 16.6. The first-order valence-electron chi connectivity index (χ1n) is 5.84. The van der Waals surface area contributed by atoms with Crippen molar-refractivity contribution >= 4 is 0 Å². The van der Waals surface area contributed by atoms with Gasteiger partial charge in [-0.25, -0.2) is 4.79 Å². The summed E-state index contributed by atoms with van der Waals surface area (Å²) in [6, 6.07) is 0. The van der Waals surface area contributed by atoms with E-state index in [1.807, 2.05) is 0 Å². The Labute approximate surface area is 107 Å². The first-order chi connectivity index (χ1) is 8.93. The van der Waals surface area contributed by atoms with Crippen LogP contribution in [0.4, 0.5) is 0 Å². The van der Waals surface area contributed by atoms with E-state index in [9.17, 15) is 19.8 Å². The van der Waals surface area contributed by atoms with Gasteiger partial charge in [-0.05, 0) is 6.92 Å². The van der Waals surface area contributed by atoms with Crippen LogP contribution in [0, 0.1) is 6.92 Å². The highest BCUT2D eigenvalue weighted by Gasteiger charge is 2.47. The Kier molecular flexibility index (Phi) is 3.59. The van der Waals surface area contributed by atoms with E-state index in [-0.39, 0.29) is 12.0 Å². The standard InChI is InChI=1S/C11H16N2O6/c1-6-3-13(10(18)12-9(6)17)11(5-15)2-7(16)8(4-14)19-11/h3,7-8,14-16H,2,4-5H2,1H3,(H,12,17,18)/t7-,8+,11-/m0/s1. The lowest BCUT2D eigenvalue weighted by Gasteiger charge is -2.28. The Morgan fingerprint density at radius 2 is 2.21 bits per heavy atom. The molecule has 8 heteroatoms. The molecule has 1 fully saturated rings. The van der Waals surface area contributed by atoms with Gasteiger partial charge in [-0.2, -0.15) is 0 Å². The van der Waals surface area contributed by atoms with Crippen molar-refractivity contribution in [2.75, 3.05) is 13.2 Å². The van der Waals surface area contributed by atoms with E-state index in [2.05, 4.69) is 4.98 Å². The third-order valence-electron chi connectivity index (χ3n) is 3.31. The summed E-state index contributed by atoms with van der Waals surface area (Å²) in [4.78, 5) is 25.2. The average Bonchev–Trinajstić information content (AvgIpc) is 2.71. The molecule has 0 radical (unpaired) electrons. The van der Waals surface area contributed by atoms with Gasteiger partial charge in [0.25, 0.3) is 5.56 Å². The van der Waals surface area contributed by atoms with Gasteiger partial charge in [0, 0.05) is 18.2 Å². The lowest BCUT2D eigenvalue weighted by molar-refractivity contribution is -0.143. The summed E-state index contributed by atoms with van der Waals surface area (Å²) in [5, 5.41) is 28.3. The van der Waals surface area contributed by atoms with Crippen molar-refractivity contribution in [1.82, 2.24) is 9.55 Å². The molecule has 4 N–H and O–H groups in total. The summed E-state index contributed by atoms with van der Waals surface area (Å²) in [7, 11) is 0. The maximum atomic E-state index is 11.8. The van der Waals surface area contributed by atoms with Gasteiger partial charge in [-0.1, -0.05) is 0 Å². The first kappa shape index (κ1) is 13.9. The molecular weight excluding hydrogens is 256 g/mol. The number of ether oxygens (including phenoxy) is 1. The van der Waals surface area contributed by atoms with Gasteiger partial charge in [0.15, 0.2) is 5.72 Å². The fraction of sp³-hybridized carbons (Fsp3) is 0.636. The van der Waals surface area contributed by atoms with Crippen LogP contribution in [-0.2, 0) is 10.5 Å². The van der Waals surface area contributed by atoms with Crippen molar-refractivity contribution in [3.8, 4) is 0 Å². The zero-order valence-corrected chi connectivity index (χ0v) is 10.4. The molecular formula is C11H16N2O6. The summed E-state index contributed by atoms with van der Waals surface area (Å²) in [5.74, 6) is 0. The fourth-order valence-electron chi connectivity index (χ4n) is 2.23. The van der Waals surface area contributed by atoms with Gasteiger partial charge in [0.1, 0.15) is 6.10 Å². The number of nitrogens with one attached hydrogen (secondary N) is 1. The van der Waals surface area contributed by atoms with Crippen LogP contribution in [0.25, 0.3) is 0 Å². The SMILES string of the molecule is Cc1cn([C@@]2(CO)C[C@H](O)[C@@H](CO)O2)c(=O)[nH]c1=O. The number of hydrogen-bond donors (Lipinski definition) is 4. The fourth-order valence-corrected chi connectivity index (χ4v) is 2.23. The van der Waals surface area contributed by atoms with Crippen LogP contribution >= 0.6 is 0 Å². The molecule has 0 bridgehead atoms. The number of aliphatic hydroxyl groups excluding tert-OH is 3. The monoisotopic (exact) mass is 272 g/mol. The van der Waals surface area contributed by atoms with E-state index >= 15 is 0 Å². The zero-order valence-electron chi connectivity index (χ0n) is 10.4. The summed E-state index contributed by atoms with van der Waals surface area (Å²) >= 11 is 0. The topological polar surface area (TPSA) is 125 Å². The predicted molar refractivity (Wildman–Crippen MR) is 63.7 cm³/mol. The van der Waals surface area contributed by atoms with E-state index in [0.717, 1.165) is 4.57 Å². The number of nitrogens with zero attached hydrogens (tertiary/aromatic N) is 1. The van der Waals surface area contributed by atoms with Crippen molar-refractivity contribution < 1.29 is 20.1 Å². The minimum Gasteiger partial charge on any atom is -0.394 e. The van der Waals surface area contributed by atoms with Gasteiger partial charge in [-0.15, -0.1) is 0 Å². The van der Waals surface area contributed by atoms with E-state index in [1.165, 1.54) is 13.1 Å². The molecule has 0 spiro atoms. The second-order valence-corrected chi connectivity index (χ2v) is 4.66. The maximum absolute atomic E-state index is 11.8. The maximum Gasteiger partial charge on any atom is 0.330 e. The highest BCUT2D eigenvalue weighted by Crippen LogP contribution is 2.33. The number of aromatic nitrogens is 2. The van der Waals surface area contributed by atoms with Crippen LogP contribution in [0.15, 0.2) is 15.8 Å². The number of rotatable bonds is 3. The molecule has 0 amide bonds. The molecule has 1 aromatic heterocycles. The Morgan fingerprint density at radius 3 is 2.74 bits per heavy atom. The third kappa shape index (κ3) is 2.23. The van der Waals surface area contributed by atoms with E-state index in [0.29, 0.717) is 0 Å². The summed E-state index contributed by atoms with van der Waals surface area (Å²) in [5.41, 5.74) is -2.46. The Hall–Kier alpha value is -1.48.